The molecule has 2 aromatic heterocycles. The monoisotopic (exact) mass is 441 g/mol. The maximum Gasteiger partial charge on any atom is 0.241 e. The topological polar surface area (TPSA) is 72.3 Å². The number of hydrogen-bond acceptors (Lipinski definition) is 5. The van der Waals surface area contributed by atoms with Crippen LogP contribution in [0.2, 0.25) is 0 Å². The molecule has 1 aliphatic rings. The molecule has 0 spiro atoms. The Morgan fingerprint density at radius 2 is 1.97 bits per heavy atom. The van der Waals surface area contributed by atoms with Crippen molar-refractivity contribution in [3.8, 4) is 11.4 Å². The second-order valence-electron chi connectivity index (χ2n) is 8.30. The van der Waals surface area contributed by atoms with Crippen LogP contribution in [-0.4, -0.2) is 45.3 Å². The van der Waals surface area contributed by atoms with Crippen molar-refractivity contribution in [2.24, 2.45) is 0 Å². The summed E-state index contributed by atoms with van der Waals surface area (Å²) in [5, 5.41) is 8.38. The van der Waals surface area contributed by atoms with E-state index >= 15 is 0 Å². The van der Waals surface area contributed by atoms with Crippen LogP contribution in [0.1, 0.15) is 25.0 Å². The normalized spacial score (nSPS) is 16.6. The van der Waals surface area contributed by atoms with Crippen LogP contribution in [-0.2, 0) is 11.3 Å². The minimum Gasteiger partial charge on any atom is -0.494 e. The number of para-hydroxylation sites is 1. The summed E-state index contributed by atoms with van der Waals surface area (Å²) in [6.45, 7) is 1.51. The lowest BCUT2D eigenvalue weighted by Crippen LogP contribution is -2.46. The minimum atomic E-state index is -0.181. The number of aromatic nitrogens is 3. The van der Waals surface area contributed by atoms with Gasteiger partial charge in [0, 0.05) is 30.0 Å². The van der Waals surface area contributed by atoms with Crippen LogP contribution in [0.15, 0.2) is 73.1 Å². The van der Waals surface area contributed by atoms with Gasteiger partial charge >= 0.3 is 0 Å². The number of amides is 1. The maximum atomic E-state index is 13.2. The zero-order valence-corrected chi connectivity index (χ0v) is 18.6. The molecule has 168 valence electrons. The van der Waals surface area contributed by atoms with Gasteiger partial charge < -0.3 is 10.1 Å². The van der Waals surface area contributed by atoms with Gasteiger partial charge in [0.05, 0.1) is 24.5 Å². The Bertz CT molecular complexity index is 1240. The highest BCUT2D eigenvalue weighted by molar-refractivity contribution is 5.95. The largest absolute Gasteiger partial charge is 0.494 e. The summed E-state index contributed by atoms with van der Waals surface area (Å²) in [5.74, 6) is 0.792. The van der Waals surface area contributed by atoms with Gasteiger partial charge in [0.25, 0.3) is 0 Å². The average molecular weight is 442 g/mol. The summed E-state index contributed by atoms with van der Waals surface area (Å²) < 4.78 is 7.28. The molecule has 1 unspecified atom stereocenters. The molecule has 2 aromatic carbocycles. The van der Waals surface area contributed by atoms with E-state index in [9.17, 15) is 4.79 Å². The predicted octanol–water partition coefficient (Wildman–Crippen LogP) is 4.42. The van der Waals surface area contributed by atoms with Crippen molar-refractivity contribution in [3.05, 3.63) is 78.8 Å². The van der Waals surface area contributed by atoms with Crippen molar-refractivity contribution in [1.29, 1.82) is 0 Å². The molecule has 0 saturated carbocycles. The lowest BCUT2D eigenvalue weighted by Gasteiger charge is -2.34. The van der Waals surface area contributed by atoms with Crippen LogP contribution in [0.4, 0.5) is 5.69 Å². The quantitative estimate of drug-likeness (QED) is 0.480. The van der Waals surface area contributed by atoms with Crippen molar-refractivity contribution in [3.63, 3.8) is 0 Å². The van der Waals surface area contributed by atoms with E-state index in [-0.39, 0.29) is 11.9 Å². The number of benzene rings is 2. The third-order valence-electron chi connectivity index (χ3n) is 6.15. The molecule has 33 heavy (non-hydrogen) atoms. The SMILES string of the molecule is COc1cccc2ccc(CN3CCCCC3C(=O)Nc3ccc(-n4cccn4)cc3)nc12. The minimum absolute atomic E-state index is 0.0277. The summed E-state index contributed by atoms with van der Waals surface area (Å²) in [6.07, 6.45) is 6.61. The van der Waals surface area contributed by atoms with Crippen molar-refractivity contribution in [1.82, 2.24) is 19.7 Å². The number of nitrogens with zero attached hydrogens (tertiary/aromatic N) is 4. The zero-order chi connectivity index (χ0) is 22.6. The van der Waals surface area contributed by atoms with Crippen molar-refractivity contribution >= 4 is 22.5 Å². The highest BCUT2D eigenvalue weighted by Crippen LogP contribution is 2.26. The van der Waals surface area contributed by atoms with Crippen LogP contribution >= 0.6 is 0 Å². The van der Waals surface area contributed by atoms with E-state index in [4.69, 9.17) is 9.72 Å². The van der Waals surface area contributed by atoms with Crippen LogP contribution < -0.4 is 10.1 Å². The molecule has 5 rings (SSSR count). The summed E-state index contributed by atoms with van der Waals surface area (Å²) >= 11 is 0. The molecule has 1 fully saturated rings. The van der Waals surface area contributed by atoms with Crippen LogP contribution in [0, 0.1) is 0 Å². The fourth-order valence-corrected chi connectivity index (χ4v) is 4.44. The van der Waals surface area contributed by atoms with E-state index in [0.717, 1.165) is 59.5 Å². The number of pyridine rings is 1. The van der Waals surface area contributed by atoms with Crippen molar-refractivity contribution in [2.75, 3.05) is 19.0 Å². The van der Waals surface area contributed by atoms with Gasteiger partial charge in [0.15, 0.2) is 0 Å². The number of methoxy groups -OCH3 is 1. The van der Waals surface area contributed by atoms with Crippen LogP contribution in [0.3, 0.4) is 0 Å². The Hall–Kier alpha value is -3.71. The molecule has 4 aromatic rings. The molecule has 7 nitrogen and oxygen atoms in total. The molecule has 0 bridgehead atoms. The Balaban J connectivity index is 1.30. The molecule has 7 heteroatoms. The first kappa shape index (κ1) is 21.2. The number of nitrogens with one attached hydrogen (secondary N) is 1. The number of hydrogen-bond donors (Lipinski definition) is 1. The fraction of sp³-hybridized carbons (Fsp3) is 0.269. The van der Waals surface area contributed by atoms with Gasteiger partial charge in [-0.1, -0.05) is 24.6 Å². The lowest BCUT2D eigenvalue weighted by molar-refractivity contribution is -0.122. The lowest BCUT2D eigenvalue weighted by atomic mass is 10.0. The molecule has 3 heterocycles. The van der Waals surface area contributed by atoms with Gasteiger partial charge in [-0.05, 0) is 61.9 Å². The fourth-order valence-electron chi connectivity index (χ4n) is 4.44. The number of anilines is 1. The average Bonchev–Trinajstić information content (AvgIpc) is 3.39. The second kappa shape index (κ2) is 9.42. The Morgan fingerprint density at radius 1 is 1.09 bits per heavy atom. The Morgan fingerprint density at radius 3 is 2.76 bits per heavy atom. The Kier molecular flexibility index (Phi) is 6.04. The number of rotatable bonds is 6. The standard InChI is InChI=1S/C26H27N5O2/c1-33-24-8-4-6-19-9-10-21(28-25(19)24)18-30-16-3-2-7-23(30)26(32)29-20-11-13-22(14-12-20)31-17-5-15-27-31/h4-6,8-15,17,23H,2-3,7,16,18H2,1H3,(H,29,32). The van der Waals surface area contributed by atoms with E-state index in [2.05, 4.69) is 21.4 Å². The molecule has 1 amide bonds. The van der Waals surface area contributed by atoms with Gasteiger partial charge in [-0.25, -0.2) is 9.67 Å². The maximum absolute atomic E-state index is 13.2. The van der Waals surface area contributed by atoms with Gasteiger partial charge in [-0.15, -0.1) is 0 Å². The van der Waals surface area contributed by atoms with E-state index in [1.165, 1.54) is 0 Å². The molecule has 1 atom stereocenters. The second-order valence-corrected chi connectivity index (χ2v) is 8.30. The number of carbonyl (C=O) groups excluding carboxylic acids is 1. The summed E-state index contributed by atoms with van der Waals surface area (Å²) in [6, 6.07) is 19.5. The van der Waals surface area contributed by atoms with Crippen molar-refractivity contribution < 1.29 is 9.53 Å². The molecule has 1 aliphatic heterocycles. The number of fused-ring (bicyclic) bond motifs is 1. The number of piperidine rings is 1. The predicted molar refractivity (Wildman–Crippen MR) is 129 cm³/mol. The van der Waals surface area contributed by atoms with Gasteiger partial charge in [-0.2, -0.15) is 5.10 Å². The zero-order valence-electron chi connectivity index (χ0n) is 18.6. The summed E-state index contributed by atoms with van der Waals surface area (Å²) in [4.78, 5) is 20.3. The van der Waals surface area contributed by atoms with E-state index < -0.39 is 0 Å². The molecule has 1 saturated heterocycles. The van der Waals surface area contributed by atoms with Gasteiger partial charge in [0.1, 0.15) is 11.3 Å². The molecule has 1 N–H and O–H groups in total. The first-order valence-corrected chi connectivity index (χ1v) is 11.3. The Labute approximate surface area is 193 Å². The molecular formula is C26H27N5O2. The number of likely N-dealkylation sites (tertiary alicyclic amines) is 1. The molecular weight excluding hydrogens is 414 g/mol. The third-order valence-corrected chi connectivity index (χ3v) is 6.15. The van der Waals surface area contributed by atoms with E-state index in [1.54, 1.807) is 18.0 Å². The third kappa shape index (κ3) is 4.59. The summed E-state index contributed by atoms with van der Waals surface area (Å²) in [5.41, 5.74) is 3.54. The first-order valence-electron chi connectivity index (χ1n) is 11.3. The van der Waals surface area contributed by atoms with Crippen LogP contribution in [0.25, 0.3) is 16.6 Å². The highest BCUT2D eigenvalue weighted by atomic mass is 16.5. The van der Waals surface area contributed by atoms with Gasteiger partial charge in [-0.3, -0.25) is 9.69 Å². The van der Waals surface area contributed by atoms with Gasteiger partial charge in [0.2, 0.25) is 5.91 Å². The highest BCUT2D eigenvalue weighted by Gasteiger charge is 2.29. The number of ether oxygens (including phenoxy) is 1. The van der Waals surface area contributed by atoms with Crippen molar-refractivity contribution in [2.45, 2.75) is 31.8 Å². The van der Waals surface area contributed by atoms with E-state index in [0.29, 0.717) is 6.54 Å². The number of carbonyl (C=O) groups is 1. The van der Waals surface area contributed by atoms with E-state index in [1.807, 2.05) is 60.8 Å². The molecule has 0 aliphatic carbocycles. The first-order chi connectivity index (χ1) is 16.2. The molecule has 0 radical (unpaired) electrons. The smallest absolute Gasteiger partial charge is 0.241 e. The van der Waals surface area contributed by atoms with Crippen LogP contribution in [0.5, 0.6) is 5.75 Å². The summed E-state index contributed by atoms with van der Waals surface area (Å²) in [7, 11) is 1.66.